The molecule has 0 aromatic carbocycles. The topological polar surface area (TPSA) is 62.5 Å². The predicted octanol–water partition coefficient (Wildman–Crippen LogP) is 2.57. The number of nitrogens with one attached hydrogen (secondary N) is 1. The van der Waals surface area contributed by atoms with Crippen molar-refractivity contribution < 1.29 is 4.79 Å². The number of fused-ring (bicyclic) bond motifs is 1. The van der Waals surface area contributed by atoms with Crippen molar-refractivity contribution >= 4 is 11.6 Å². The Balaban J connectivity index is 1.44. The van der Waals surface area contributed by atoms with Crippen molar-refractivity contribution in [2.75, 3.05) is 6.54 Å². The Labute approximate surface area is 152 Å². The van der Waals surface area contributed by atoms with Gasteiger partial charge >= 0.3 is 0 Å². The van der Waals surface area contributed by atoms with Crippen LogP contribution in [-0.4, -0.2) is 37.8 Å². The molecule has 6 nitrogen and oxygen atoms in total. The van der Waals surface area contributed by atoms with E-state index in [4.69, 9.17) is 0 Å². The Morgan fingerprint density at radius 2 is 2.15 bits per heavy atom. The molecule has 1 aliphatic heterocycles. The molecule has 1 saturated heterocycles. The van der Waals surface area contributed by atoms with E-state index >= 15 is 0 Å². The molecule has 0 bridgehead atoms. The van der Waals surface area contributed by atoms with Gasteiger partial charge in [0.25, 0.3) is 0 Å². The molecule has 1 amide bonds. The van der Waals surface area contributed by atoms with E-state index in [1.165, 1.54) is 0 Å². The lowest BCUT2D eigenvalue weighted by Crippen LogP contribution is -2.50. The number of amides is 1. The molecule has 26 heavy (non-hydrogen) atoms. The predicted molar refractivity (Wildman–Crippen MR) is 99.4 cm³/mol. The fraction of sp³-hybridized carbons (Fsp3) is 0.350. The number of imidazole rings is 1. The van der Waals surface area contributed by atoms with E-state index in [1.807, 2.05) is 58.1 Å². The van der Waals surface area contributed by atoms with Gasteiger partial charge in [0.05, 0.1) is 24.0 Å². The second-order valence-corrected chi connectivity index (χ2v) is 6.80. The summed E-state index contributed by atoms with van der Waals surface area (Å²) in [6.45, 7) is 3.42. The Kier molecular flexibility index (Phi) is 4.67. The molecule has 4 rings (SSSR count). The number of carbonyl (C=O) groups is 1. The van der Waals surface area contributed by atoms with Crippen molar-refractivity contribution in [3.63, 3.8) is 0 Å². The van der Waals surface area contributed by atoms with Gasteiger partial charge in [-0.05, 0) is 44.0 Å². The van der Waals surface area contributed by atoms with Crippen LogP contribution in [0.3, 0.4) is 0 Å². The summed E-state index contributed by atoms with van der Waals surface area (Å²) in [5, 5.41) is 3.47. The van der Waals surface area contributed by atoms with E-state index < -0.39 is 0 Å². The molecule has 2 unspecified atom stereocenters. The van der Waals surface area contributed by atoms with Crippen LogP contribution in [0, 0.1) is 0 Å². The molecular formula is C20H23N5O. The molecule has 3 aromatic rings. The smallest absolute Gasteiger partial charge is 0.240 e. The van der Waals surface area contributed by atoms with Gasteiger partial charge in [0.15, 0.2) is 0 Å². The molecule has 0 radical (unpaired) electrons. The molecular weight excluding hydrogens is 326 g/mol. The van der Waals surface area contributed by atoms with E-state index in [1.54, 1.807) is 6.20 Å². The molecule has 0 spiro atoms. The first-order chi connectivity index (χ1) is 12.7. The van der Waals surface area contributed by atoms with Crippen molar-refractivity contribution in [1.29, 1.82) is 0 Å². The van der Waals surface area contributed by atoms with E-state index in [2.05, 4.69) is 22.2 Å². The van der Waals surface area contributed by atoms with Crippen molar-refractivity contribution in [2.45, 2.75) is 38.4 Å². The van der Waals surface area contributed by atoms with Gasteiger partial charge in [-0.1, -0.05) is 12.1 Å². The summed E-state index contributed by atoms with van der Waals surface area (Å²) in [4.78, 5) is 23.8. The maximum Gasteiger partial charge on any atom is 0.240 e. The summed E-state index contributed by atoms with van der Waals surface area (Å²) in [7, 11) is 0. The number of aromatic nitrogens is 3. The number of nitrogens with zero attached hydrogens (tertiary/aromatic N) is 4. The third kappa shape index (κ3) is 3.46. The Morgan fingerprint density at radius 1 is 1.27 bits per heavy atom. The minimum Gasteiger partial charge on any atom is -0.335 e. The largest absolute Gasteiger partial charge is 0.335 e. The van der Waals surface area contributed by atoms with Crippen molar-refractivity contribution in [2.24, 2.45) is 0 Å². The number of hydrogen-bond donors (Lipinski definition) is 1. The molecule has 0 saturated carbocycles. The van der Waals surface area contributed by atoms with Crippen molar-refractivity contribution in [1.82, 2.24) is 24.6 Å². The molecule has 1 N–H and O–H groups in total. The van der Waals surface area contributed by atoms with E-state index in [-0.39, 0.29) is 18.0 Å². The fourth-order valence-corrected chi connectivity index (χ4v) is 3.49. The number of piperidine rings is 1. The third-order valence-electron chi connectivity index (χ3n) is 4.89. The van der Waals surface area contributed by atoms with Crippen LogP contribution >= 0.6 is 0 Å². The summed E-state index contributed by atoms with van der Waals surface area (Å²) in [5.41, 5.74) is 2.80. The zero-order valence-electron chi connectivity index (χ0n) is 14.9. The quantitative estimate of drug-likeness (QED) is 0.769. The second kappa shape index (κ2) is 7.25. The highest BCUT2D eigenvalue weighted by Gasteiger charge is 2.30. The van der Waals surface area contributed by atoms with Crippen LogP contribution in [-0.2, 0) is 11.3 Å². The highest BCUT2D eigenvalue weighted by molar-refractivity contribution is 5.82. The minimum absolute atomic E-state index is 0.0126. The first-order valence-corrected chi connectivity index (χ1v) is 9.09. The Bertz CT molecular complexity index is 858. The van der Waals surface area contributed by atoms with Crippen LogP contribution in [0.15, 0.2) is 55.0 Å². The van der Waals surface area contributed by atoms with Gasteiger partial charge < -0.3 is 9.30 Å². The second-order valence-electron chi connectivity index (χ2n) is 6.80. The monoisotopic (exact) mass is 349 g/mol. The molecule has 4 heterocycles. The number of carbonyl (C=O) groups excluding carboxylic acids is 1. The van der Waals surface area contributed by atoms with E-state index in [9.17, 15) is 4.79 Å². The number of likely N-dealkylation sites (tertiary alicyclic amines) is 1. The first kappa shape index (κ1) is 16.7. The van der Waals surface area contributed by atoms with Crippen molar-refractivity contribution in [3.8, 4) is 0 Å². The number of hydrogen-bond acceptors (Lipinski definition) is 4. The van der Waals surface area contributed by atoms with Crippen LogP contribution in [0.4, 0.5) is 0 Å². The van der Waals surface area contributed by atoms with Gasteiger partial charge in [-0.3, -0.25) is 15.1 Å². The minimum atomic E-state index is -0.174. The summed E-state index contributed by atoms with van der Waals surface area (Å²) >= 11 is 0. The zero-order chi connectivity index (χ0) is 17.9. The Hall–Kier alpha value is -2.73. The molecule has 134 valence electrons. The molecule has 1 aliphatic rings. The van der Waals surface area contributed by atoms with Gasteiger partial charge in [0.1, 0.15) is 5.65 Å². The van der Waals surface area contributed by atoms with Gasteiger partial charge in [0, 0.05) is 31.2 Å². The van der Waals surface area contributed by atoms with Gasteiger partial charge in [-0.15, -0.1) is 0 Å². The maximum atomic E-state index is 12.9. The van der Waals surface area contributed by atoms with Crippen LogP contribution in [0.5, 0.6) is 0 Å². The zero-order valence-corrected chi connectivity index (χ0v) is 14.9. The Morgan fingerprint density at radius 3 is 2.96 bits per heavy atom. The standard InChI is InChI=1S/C20H23N5O/c1-15(18-14-24-11-5-3-9-19(24)23-18)22-17-8-6-12-25(20(17)26)13-16-7-2-4-10-21-16/h2-5,7,9-11,14-15,17,22H,6,8,12-13H2,1H3. The van der Waals surface area contributed by atoms with Gasteiger partial charge in [-0.25, -0.2) is 4.98 Å². The molecule has 2 atom stereocenters. The lowest BCUT2D eigenvalue weighted by molar-refractivity contribution is -0.136. The third-order valence-corrected chi connectivity index (χ3v) is 4.89. The lowest BCUT2D eigenvalue weighted by atomic mass is 10.0. The highest BCUT2D eigenvalue weighted by Crippen LogP contribution is 2.19. The molecule has 6 heteroatoms. The van der Waals surface area contributed by atoms with Crippen LogP contribution in [0.25, 0.3) is 5.65 Å². The highest BCUT2D eigenvalue weighted by atomic mass is 16.2. The van der Waals surface area contributed by atoms with Crippen LogP contribution < -0.4 is 5.32 Å². The molecule has 0 aliphatic carbocycles. The fourth-order valence-electron chi connectivity index (χ4n) is 3.49. The summed E-state index contributed by atoms with van der Waals surface area (Å²) in [6, 6.07) is 11.6. The van der Waals surface area contributed by atoms with Gasteiger partial charge in [0.2, 0.25) is 5.91 Å². The summed E-state index contributed by atoms with van der Waals surface area (Å²) in [6.07, 6.45) is 7.62. The normalized spacial score (nSPS) is 19.0. The van der Waals surface area contributed by atoms with Crippen LogP contribution in [0.1, 0.15) is 37.2 Å². The lowest BCUT2D eigenvalue weighted by Gasteiger charge is -2.33. The molecule has 3 aromatic heterocycles. The number of rotatable bonds is 5. The molecule has 1 fully saturated rings. The van der Waals surface area contributed by atoms with E-state index in [0.717, 1.165) is 36.4 Å². The van der Waals surface area contributed by atoms with Crippen LogP contribution in [0.2, 0.25) is 0 Å². The van der Waals surface area contributed by atoms with Gasteiger partial charge in [-0.2, -0.15) is 0 Å². The first-order valence-electron chi connectivity index (χ1n) is 9.09. The summed E-state index contributed by atoms with van der Waals surface area (Å²) in [5.74, 6) is 0.150. The van der Waals surface area contributed by atoms with E-state index in [0.29, 0.717) is 6.54 Å². The summed E-state index contributed by atoms with van der Waals surface area (Å²) < 4.78 is 2.00. The SMILES string of the molecule is CC(NC1CCCN(Cc2ccccn2)C1=O)c1cn2ccccc2n1. The average Bonchev–Trinajstić information content (AvgIpc) is 3.10. The average molecular weight is 349 g/mol. The number of pyridine rings is 2. The van der Waals surface area contributed by atoms with Crippen molar-refractivity contribution in [3.05, 3.63) is 66.4 Å². The maximum absolute atomic E-state index is 12.9.